The zero-order chi connectivity index (χ0) is 21.1. The Morgan fingerprint density at radius 3 is 2.62 bits per heavy atom. The number of pyridine rings is 1. The molecular formula is C23H28BrFN2O2. The van der Waals surface area contributed by atoms with Crippen LogP contribution in [0.15, 0.2) is 33.5 Å². The number of carbonyl (C=O) groups excluding carboxylic acids is 1. The van der Waals surface area contributed by atoms with Crippen molar-refractivity contribution in [1.82, 2.24) is 9.88 Å². The number of amides is 1. The number of nitrogens with one attached hydrogen (secondary N) is 1. The van der Waals surface area contributed by atoms with Gasteiger partial charge in [-0.1, -0.05) is 32.4 Å². The predicted octanol–water partition coefficient (Wildman–Crippen LogP) is 5.30. The van der Waals surface area contributed by atoms with Gasteiger partial charge in [-0.25, -0.2) is 4.39 Å². The first kappa shape index (κ1) is 21.8. The second-order valence-electron chi connectivity index (χ2n) is 7.76. The molecule has 1 heterocycles. The first-order valence-corrected chi connectivity index (χ1v) is 11.2. The zero-order valence-electron chi connectivity index (χ0n) is 17.2. The molecule has 1 N–H and O–H groups in total. The summed E-state index contributed by atoms with van der Waals surface area (Å²) >= 11 is 3.43. The van der Waals surface area contributed by atoms with Crippen molar-refractivity contribution in [2.45, 2.75) is 65.5 Å². The van der Waals surface area contributed by atoms with E-state index in [1.54, 1.807) is 10.6 Å². The maximum absolute atomic E-state index is 13.8. The lowest BCUT2D eigenvalue weighted by Gasteiger charge is -2.35. The summed E-state index contributed by atoms with van der Waals surface area (Å²) in [6.07, 6.45) is 4.52. The Morgan fingerprint density at radius 2 is 2.07 bits per heavy atom. The van der Waals surface area contributed by atoms with Crippen LogP contribution in [-0.2, 0) is 13.0 Å². The van der Waals surface area contributed by atoms with Crippen molar-refractivity contribution >= 4 is 21.8 Å². The number of nitrogens with zero attached hydrogens (tertiary/aromatic N) is 1. The van der Waals surface area contributed by atoms with Gasteiger partial charge in [-0.2, -0.15) is 0 Å². The SMILES string of the molecule is CCCn1c(C)c(C(=O)N[C@H](c2cccc(F)c2)C2CCC2)c(CC)c(Br)c1=O. The first-order chi connectivity index (χ1) is 13.9. The number of halogens is 2. The summed E-state index contributed by atoms with van der Waals surface area (Å²) in [5.74, 6) is -0.201. The summed E-state index contributed by atoms with van der Waals surface area (Å²) in [5, 5.41) is 3.17. The van der Waals surface area contributed by atoms with E-state index < -0.39 is 0 Å². The average molecular weight is 463 g/mol. The van der Waals surface area contributed by atoms with Crippen LogP contribution in [0.1, 0.15) is 72.8 Å². The highest BCUT2D eigenvalue weighted by atomic mass is 79.9. The van der Waals surface area contributed by atoms with E-state index in [0.29, 0.717) is 34.6 Å². The maximum Gasteiger partial charge on any atom is 0.265 e. The van der Waals surface area contributed by atoms with E-state index in [1.165, 1.54) is 12.1 Å². The molecular weight excluding hydrogens is 435 g/mol. The highest BCUT2D eigenvalue weighted by Gasteiger charge is 2.32. The van der Waals surface area contributed by atoms with Crippen molar-refractivity contribution in [3.63, 3.8) is 0 Å². The van der Waals surface area contributed by atoms with Gasteiger partial charge in [0.1, 0.15) is 5.82 Å². The van der Waals surface area contributed by atoms with Crippen LogP contribution in [-0.4, -0.2) is 10.5 Å². The molecule has 29 heavy (non-hydrogen) atoms. The van der Waals surface area contributed by atoms with Gasteiger partial charge in [0.15, 0.2) is 0 Å². The maximum atomic E-state index is 13.8. The number of aromatic nitrogens is 1. The molecule has 0 spiro atoms. The fraction of sp³-hybridized carbons (Fsp3) is 0.478. The Bertz CT molecular complexity index is 966. The standard InChI is InChI=1S/C23H28BrFN2O2/c1-4-12-27-14(3)19(18(5-2)20(24)23(27)29)22(28)26-21(15-8-6-9-15)16-10-7-11-17(25)13-16/h7,10-11,13,15,21H,4-6,8-9,12H2,1-3H3,(H,26,28)/t21-/m0/s1. The smallest absolute Gasteiger partial charge is 0.265 e. The Kier molecular flexibility index (Phi) is 6.93. The van der Waals surface area contributed by atoms with Crippen LogP contribution >= 0.6 is 15.9 Å². The van der Waals surface area contributed by atoms with Gasteiger partial charge >= 0.3 is 0 Å². The van der Waals surface area contributed by atoms with Crippen molar-refractivity contribution in [3.05, 3.63) is 67.3 Å². The molecule has 2 aromatic rings. The Labute approximate surface area is 179 Å². The Hall–Kier alpha value is -1.95. The van der Waals surface area contributed by atoms with Crippen molar-refractivity contribution in [1.29, 1.82) is 0 Å². The number of benzene rings is 1. The fourth-order valence-corrected chi connectivity index (χ4v) is 4.84. The Morgan fingerprint density at radius 1 is 1.34 bits per heavy atom. The largest absolute Gasteiger partial charge is 0.345 e. The molecule has 4 nitrogen and oxygen atoms in total. The number of hydrogen-bond donors (Lipinski definition) is 1. The molecule has 1 aromatic carbocycles. The number of carbonyl (C=O) groups is 1. The van der Waals surface area contributed by atoms with Crippen molar-refractivity contribution < 1.29 is 9.18 Å². The molecule has 1 aliphatic carbocycles. The minimum atomic E-state index is -0.300. The van der Waals surface area contributed by atoms with E-state index in [-0.39, 0.29) is 23.3 Å². The normalized spacial score (nSPS) is 15.1. The third-order valence-corrected chi connectivity index (χ3v) is 6.73. The van der Waals surface area contributed by atoms with Crippen molar-refractivity contribution in [2.24, 2.45) is 5.92 Å². The minimum Gasteiger partial charge on any atom is -0.345 e. The summed E-state index contributed by atoms with van der Waals surface area (Å²) in [6, 6.07) is 6.24. The highest BCUT2D eigenvalue weighted by Crippen LogP contribution is 2.38. The molecule has 6 heteroatoms. The lowest BCUT2D eigenvalue weighted by molar-refractivity contribution is 0.0897. The molecule has 1 aliphatic rings. The lowest BCUT2D eigenvalue weighted by Crippen LogP contribution is -2.38. The van der Waals surface area contributed by atoms with E-state index in [1.807, 2.05) is 26.8 Å². The molecule has 0 unspecified atom stereocenters. The van der Waals surface area contributed by atoms with Gasteiger partial charge in [0, 0.05) is 12.2 Å². The molecule has 1 atom stereocenters. The summed E-state index contributed by atoms with van der Waals surface area (Å²) < 4.78 is 16.0. The summed E-state index contributed by atoms with van der Waals surface area (Å²) in [7, 11) is 0. The lowest BCUT2D eigenvalue weighted by atomic mass is 9.77. The predicted molar refractivity (Wildman–Crippen MR) is 117 cm³/mol. The van der Waals surface area contributed by atoms with Crippen LogP contribution in [0.25, 0.3) is 0 Å². The molecule has 156 valence electrons. The van der Waals surface area contributed by atoms with Crippen LogP contribution < -0.4 is 10.9 Å². The Balaban J connectivity index is 2.03. The first-order valence-electron chi connectivity index (χ1n) is 10.4. The molecule has 0 aliphatic heterocycles. The number of hydrogen-bond acceptors (Lipinski definition) is 2. The number of rotatable bonds is 7. The monoisotopic (exact) mass is 462 g/mol. The fourth-order valence-electron chi connectivity index (χ4n) is 4.15. The third kappa shape index (κ3) is 4.32. The van der Waals surface area contributed by atoms with Gasteiger partial charge in [0.2, 0.25) is 0 Å². The van der Waals surface area contributed by atoms with Gasteiger partial charge in [0.25, 0.3) is 11.5 Å². The molecule has 1 fully saturated rings. The minimum absolute atomic E-state index is 0.0987. The summed E-state index contributed by atoms with van der Waals surface area (Å²) in [4.78, 5) is 26.2. The third-order valence-electron chi connectivity index (χ3n) is 5.91. The molecule has 0 bridgehead atoms. The van der Waals surface area contributed by atoms with E-state index in [0.717, 1.165) is 36.8 Å². The van der Waals surface area contributed by atoms with Gasteiger partial charge < -0.3 is 9.88 Å². The van der Waals surface area contributed by atoms with Crippen LogP contribution in [0, 0.1) is 18.7 Å². The quantitative estimate of drug-likeness (QED) is 0.606. The topological polar surface area (TPSA) is 51.1 Å². The van der Waals surface area contributed by atoms with Crippen LogP contribution in [0.4, 0.5) is 4.39 Å². The zero-order valence-corrected chi connectivity index (χ0v) is 18.8. The molecule has 1 amide bonds. The molecule has 1 saturated carbocycles. The molecule has 1 aromatic heterocycles. The van der Waals surface area contributed by atoms with Gasteiger partial charge in [-0.15, -0.1) is 0 Å². The van der Waals surface area contributed by atoms with Gasteiger partial charge in [0.05, 0.1) is 16.1 Å². The second kappa shape index (κ2) is 9.24. The summed E-state index contributed by atoms with van der Waals surface area (Å²) in [6.45, 7) is 6.33. The average Bonchev–Trinajstić information content (AvgIpc) is 2.65. The van der Waals surface area contributed by atoms with E-state index >= 15 is 0 Å². The van der Waals surface area contributed by atoms with Crippen molar-refractivity contribution in [2.75, 3.05) is 0 Å². The van der Waals surface area contributed by atoms with E-state index in [2.05, 4.69) is 21.2 Å². The van der Waals surface area contributed by atoms with Gasteiger partial charge in [-0.05, 0) is 77.7 Å². The van der Waals surface area contributed by atoms with Crippen LogP contribution in [0.5, 0.6) is 0 Å². The van der Waals surface area contributed by atoms with Crippen LogP contribution in [0.2, 0.25) is 0 Å². The van der Waals surface area contributed by atoms with Crippen molar-refractivity contribution in [3.8, 4) is 0 Å². The van der Waals surface area contributed by atoms with Gasteiger partial charge in [-0.3, -0.25) is 9.59 Å². The molecule has 0 saturated heterocycles. The van der Waals surface area contributed by atoms with Crippen LogP contribution in [0.3, 0.4) is 0 Å². The second-order valence-corrected chi connectivity index (χ2v) is 8.55. The molecule has 0 radical (unpaired) electrons. The highest BCUT2D eigenvalue weighted by molar-refractivity contribution is 9.10. The molecule has 3 rings (SSSR count). The van der Waals surface area contributed by atoms with E-state index in [9.17, 15) is 14.0 Å². The summed E-state index contributed by atoms with van der Waals surface area (Å²) in [5.41, 5.74) is 2.65. The van der Waals surface area contributed by atoms with E-state index in [4.69, 9.17) is 0 Å².